The van der Waals surface area contributed by atoms with Gasteiger partial charge < -0.3 is 10.2 Å². The van der Waals surface area contributed by atoms with E-state index < -0.39 is 0 Å². The van der Waals surface area contributed by atoms with Crippen molar-refractivity contribution in [1.82, 2.24) is 15.3 Å². The Kier molecular flexibility index (Phi) is 5.49. The monoisotopic (exact) mass is 290 g/mol. The molecule has 108 valence electrons. The van der Waals surface area contributed by atoms with Crippen LogP contribution in [-0.2, 0) is 13.1 Å². The smallest absolute Gasteiger partial charge is 0.0795 e. The first-order valence-corrected chi connectivity index (χ1v) is 7.89. The van der Waals surface area contributed by atoms with E-state index in [0.717, 1.165) is 37.4 Å². The van der Waals surface area contributed by atoms with Gasteiger partial charge in [0.15, 0.2) is 0 Å². The molecule has 0 fully saturated rings. The van der Waals surface area contributed by atoms with E-state index in [-0.39, 0.29) is 0 Å². The summed E-state index contributed by atoms with van der Waals surface area (Å²) in [6, 6.07) is 2.15. The summed E-state index contributed by atoms with van der Waals surface area (Å²) in [5.41, 5.74) is 6.50. The van der Waals surface area contributed by atoms with Crippen LogP contribution in [0.4, 0.5) is 5.69 Å². The molecule has 0 aliphatic heterocycles. The van der Waals surface area contributed by atoms with Crippen molar-refractivity contribution < 1.29 is 0 Å². The maximum Gasteiger partial charge on any atom is 0.0795 e. The predicted molar refractivity (Wildman–Crippen MR) is 85.2 cm³/mol. The molecule has 2 heterocycles. The number of thiazole rings is 1. The molecular weight excluding hydrogens is 268 g/mol. The van der Waals surface area contributed by atoms with Crippen LogP contribution in [0.2, 0.25) is 0 Å². The number of hydrogen-bond acceptors (Lipinski definition) is 5. The molecule has 5 heteroatoms. The Labute approximate surface area is 124 Å². The number of rotatable bonds is 7. The lowest BCUT2D eigenvalue weighted by molar-refractivity contribution is 0.671. The van der Waals surface area contributed by atoms with Crippen LogP contribution < -0.4 is 10.2 Å². The van der Waals surface area contributed by atoms with Gasteiger partial charge in [0.1, 0.15) is 0 Å². The fourth-order valence-corrected chi connectivity index (χ4v) is 2.66. The molecule has 0 saturated heterocycles. The Balaban J connectivity index is 2.13. The van der Waals surface area contributed by atoms with Crippen molar-refractivity contribution in [2.45, 2.75) is 33.4 Å². The van der Waals surface area contributed by atoms with Crippen LogP contribution in [0.5, 0.6) is 0 Å². The summed E-state index contributed by atoms with van der Waals surface area (Å²) in [4.78, 5) is 11.0. The van der Waals surface area contributed by atoms with Crippen molar-refractivity contribution in [3.05, 3.63) is 40.1 Å². The Hall–Kier alpha value is -1.46. The number of aromatic nitrogens is 2. The van der Waals surface area contributed by atoms with Gasteiger partial charge in [-0.25, -0.2) is 4.98 Å². The highest BCUT2D eigenvalue weighted by Crippen LogP contribution is 2.21. The first-order chi connectivity index (χ1) is 9.70. The minimum atomic E-state index is 0.827. The molecule has 2 aromatic rings. The van der Waals surface area contributed by atoms with E-state index in [9.17, 15) is 0 Å². The van der Waals surface area contributed by atoms with Crippen LogP contribution >= 0.6 is 11.3 Å². The Morgan fingerprint density at radius 1 is 1.35 bits per heavy atom. The van der Waals surface area contributed by atoms with Crippen molar-refractivity contribution in [3.63, 3.8) is 0 Å². The summed E-state index contributed by atoms with van der Waals surface area (Å²) in [5, 5.41) is 5.54. The zero-order valence-electron chi connectivity index (χ0n) is 12.4. The average molecular weight is 290 g/mol. The molecule has 0 saturated carbocycles. The van der Waals surface area contributed by atoms with Gasteiger partial charge in [0.05, 0.1) is 17.7 Å². The van der Waals surface area contributed by atoms with Crippen molar-refractivity contribution in [2.75, 3.05) is 18.5 Å². The molecule has 0 aliphatic carbocycles. The number of hydrogen-bond donors (Lipinski definition) is 1. The number of nitrogens with zero attached hydrogens (tertiary/aromatic N) is 3. The molecule has 0 amide bonds. The SMILES string of the molecule is CCCNCc1cnc(C)cc1N(C)Cc1cscn1. The standard InChI is InChI=1S/C15H22N4S/c1-4-5-16-7-13-8-17-12(2)6-15(13)19(3)9-14-10-20-11-18-14/h6,8,10-11,16H,4-5,7,9H2,1-3H3. The zero-order chi connectivity index (χ0) is 14.4. The van der Waals surface area contributed by atoms with Crippen LogP contribution in [0.1, 0.15) is 30.3 Å². The quantitative estimate of drug-likeness (QED) is 0.796. The lowest BCUT2D eigenvalue weighted by Gasteiger charge is -2.22. The van der Waals surface area contributed by atoms with E-state index in [0.29, 0.717) is 0 Å². The van der Waals surface area contributed by atoms with Gasteiger partial charge in [-0.15, -0.1) is 11.3 Å². The largest absolute Gasteiger partial charge is 0.368 e. The highest BCUT2D eigenvalue weighted by molar-refractivity contribution is 7.07. The van der Waals surface area contributed by atoms with Crippen LogP contribution in [0.25, 0.3) is 0 Å². The molecule has 0 radical (unpaired) electrons. The van der Waals surface area contributed by atoms with Gasteiger partial charge in [-0.1, -0.05) is 6.92 Å². The molecule has 0 aliphatic rings. The van der Waals surface area contributed by atoms with Crippen LogP contribution in [-0.4, -0.2) is 23.6 Å². The fraction of sp³-hybridized carbons (Fsp3) is 0.467. The Morgan fingerprint density at radius 3 is 2.90 bits per heavy atom. The summed E-state index contributed by atoms with van der Waals surface area (Å²) >= 11 is 1.64. The predicted octanol–water partition coefficient (Wildman–Crippen LogP) is 2.98. The average Bonchev–Trinajstić information content (AvgIpc) is 2.93. The molecule has 0 unspecified atom stereocenters. The second-order valence-electron chi connectivity index (χ2n) is 4.97. The number of pyridine rings is 1. The molecular formula is C15H22N4S. The minimum Gasteiger partial charge on any atom is -0.368 e. The van der Waals surface area contributed by atoms with Crippen molar-refractivity contribution in [1.29, 1.82) is 0 Å². The lowest BCUT2D eigenvalue weighted by Crippen LogP contribution is -2.21. The third kappa shape index (κ3) is 4.02. The number of aryl methyl sites for hydroxylation is 1. The van der Waals surface area contributed by atoms with E-state index in [2.05, 4.69) is 45.6 Å². The van der Waals surface area contributed by atoms with Gasteiger partial charge in [0, 0.05) is 42.1 Å². The molecule has 0 atom stereocenters. The van der Waals surface area contributed by atoms with E-state index in [1.54, 1.807) is 11.3 Å². The summed E-state index contributed by atoms with van der Waals surface area (Å²) in [5.74, 6) is 0. The topological polar surface area (TPSA) is 41.1 Å². The molecule has 2 aromatic heterocycles. The second kappa shape index (κ2) is 7.36. The van der Waals surface area contributed by atoms with Crippen molar-refractivity contribution in [2.24, 2.45) is 0 Å². The number of anilines is 1. The van der Waals surface area contributed by atoms with Crippen LogP contribution in [0, 0.1) is 6.92 Å². The van der Waals surface area contributed by atoms with Gasteiger partial charge in [-0.2, -0.15) is 0 Å². The van der Waals surface area contributed by atoms with Gasteiger partial charge in [-0.3, -0.25) is 4.98 Å². The van der Waals surface area contributed by atoms with Gasteiger partial charge in [0.25, 0.3) is 0 Å². The maximum atomic E-state index is 4.42. The summed E-state index contributed by atoms with van der Waals surface area (Å²) in [6.45, 7) is 6.92. The van der Waals surface area contributed by atoms with E-state index in [1.165, 1.54) is 11.3 Å². The molecule has 0 aromatic carbocycles. The summed E-state index contributed by atoms with van der Waals surface area (Å²) in [7, 11) is 2.11. The maximum absolute atomic E-state index is 4.42. The molecule has 1 N–H and O–H groups in total. The van der Waals surface area contributed by atoms with Gasteiger partial charge in [-0.05, 0) is 26.0 Å². The molecule has 20 heavy (non-hydrogen) atoms. The van der Waals surface area contributed by atoms with Gasteiger partial charge in [0.2, 0.25) is 0 Å². The van der Waals surface area contributed by atoms with E-state index in [4.69, 9.17) is 0 Å². The van der Waals surface area contributed by atoms with Gasteiger partial charge >= 0.3 is 0 Å². The first kappa shape index (κ1) is 14.9. The lowest BCUT2D eigenvalue weighted by atomic mass is 10.2. The normalized spacial score (nSPS) is 10.8. The van der Waals surface area contributed by atoms with Crippen LogP contribution in [0.15, 0.2) is 23.2 Å². The Bertz CT molecular complexity index is 525. The summed E-state index contributed by atoms with van der Waals surface area (Å²) in [6.07, 6.45) is 3.12. The second-order valence-corrected chi connectivity index (χ2v) is 5.69. The summed E-state index contributed by atoms with van der Waals surface area (Å²) < 4.78 is 0. The highest BCUT2D eigenvalue weighted by atomic mass is 32.1. The molecule has 0 spiro atoms. The third-order valence-electron chi connectivity index (χ3n) is 3.13. The third-order valence-corrected chi connectivity index (χ3v) is 3.77. The minimum absolute atomic E-state index is 0.827. The van der Waals surface area contributed by atoms with Crippen LogP contribution in [0.3, 0.4) is 0 Å². The molecule has 4 nitrogen and oxygen atoms in total. The van der Waals surface area contributed by atoms with E-state index >= 15 is 0 Å². The highest BCUT2D eigenvalue weighted by Gasteiger charge is 2.10. The first-order valence-electron chi connectivity index (χ1n) is 6.95. The fourth-order valence-electron chi connectivity index (χ4n) is 2.11. The molecule has 2 rings (SSSR count). The molecule has 0 bridgehead atoms. The van der Waals surface area contributed by atoms with Crippen molar-refractivity contribution >= 4 is 17.0 Å². The number of nitrogens with one attached hydrogen (secondary N) is 1. The van der Waals surface area contributed by atoms with Crippen molar-refractivity contribution in [3.8, 4) is 0 Å². The van der Waals surface area contributed by atoms with E-state index in [1.807, 2.05) is 18.6 Å². The Morgan fingerprint density at radius 2 is 2.20 bits per heavy atom. The zero-order valence-corrected chi connectivity index (χ0v) is 13.2.